The Morgan fingerprint density at radius 1 is 1.07 bits per heavy atom. The number of benzene rings is 2. The third kappa shape index (κ3) is 5.46. The summed E-state index contributed by atoms with van der Waals surface area (Å²) in [5.74, 6) is -1.58. The first-order chi connectivity index (χ1) is 12.8. The number of nitrogens with zero attached hydrogens (tertiary/aromatic N) is 1. The number of esters is 1. The minimum Gasteiger partial charge on any atom is -0.454 e. The molecule has 1 amide bonds. The van der Waals surface area contributed by atoms with E-state index in [0.717, 1.165) is 6.07 Å². The molecule has 0 radical (unpaired) electrons. The zero-order valence-corrected chi connectivity index (χ0v) is 14.8. The van der Waals surface area contributed by atoms with Crippen molar-refractivity contribution in [2.45, 2.75) is 13.8 Å². The van der Waals surface area contributed by atoms with E-state index in [1.165, 1.54) is 30.3 Å². The molecule has 0 heterocycles. The second-order valence-corrected chi connectivity index (χ2v) is 6.03. The molecule has 8 nitrogen and oxygen atoms in total. The fourth-order valence-corrected chi connectivity index (χ4v) is 2.07. The molecule has 0 saturated heterocycles. The molecule has 2 aromatic carbocycles. The minimum absolute atomic E-state index is 0.0868. The van der Waals surface area contributed by atoms with Crippen LogP contribution in [0.15, 0.2) is 48.5 Å². The lowest BCUT2D eigenvalue weighted by Crippen LogP contribution is -2.18. The molecule has 0 aliphatic heterocycles. The third-order valence-electron chi connectivity index (χ3n) is 3.63. The number of hydrogen-bond donors (Lipinski definition) is 1. The van der Waals surface area contributed by atoms with E-state index in [1.54, 1.807) is 26.0 Å². The number of amides is 1. The summed E-state index contributed by atoms with van der Waals surface area (Å²) >= 11 is 0. The molecule has 2 rings (SSSR count). The Kier molecular flexibility index (Phi) is 6.37. The molecule has 0 bridgehead atoms. The minimum atomic E-state index is -0.712. The molecule has 0 fully saturated rings. The number of ketones is 1. The number of ether oxygens (including phenoxy) is 1. The highest BCUT2D eigenvalue weighted by Gasteiger charge is 2.15. The van der Waals surface area contributed by atoms with Crippen LogP contribution < -0.4 is 5.32 Å². The average Bonchev–Trinajstić information content (AvgIpc) is 2.66. The number of nitro groups is 1. The van der Waals surface area contributed by atoms with Crippen LogP contribution in [0.1, 0.15) is 34.6 Å². The van der Waals surface area contributed by atoms with Crippen molar-refractivity contribution in [2.75, 3.05) is 11.9 Å². The molecular formula is C19H18N2O6. The lowest BCUT2D eigenvalue weighted by Gasteiger charge is -2.08. The number of carbonyl (C=O) groups excluding carboxylic acids is 3. The van der Waals surface area contributed by atoms with Crippen molar-refractivity contribution in [3.63, 3.8) is 0 Å². The van der Waals surface area contributed by atoms with Crippen LogP contribution in [0.2, 0.25) is 0 Å². The largest absolute Gasteiger partial charge is 0.454 e. The fourth-order valence-electron chi connectivity index (χ4n) is 2.07. The monoisotopic (exact) mass is 370 g/mol. The summed E-state index contributed by atoms with van der Waals surface area (Å²) in [6.45, 7) is 2.99. The molecule has 0 aliphatic carbocycles. The van der Waals surface area contributed by atoms with Crippen molar-refractivity contribution < 1.29 is 24.0 Å². The van der Waals surface area contributed by atoms with Crippen molar-refractivity contribution in [1.29, 1.82) is 0 Å². The van der Waals surface area contributed by atoms with E-state index in [1.807, 2.05) is 0 Å². The zero-order valence-electron chi connectivity index (χ0n) is 14.8. The summed E-state index contributed by atoms with van der Waals surface area (Å²) in [5.41, 5.74) is 0.622. The smallest absolute Gasteiger partial charge is 0.338 e. The van der Waals surface area contributed by atoms with Gasteiger partial charge in [0.1, 0.15) is 0 Å². The molecule has 0 atom stereocenters. The summed E-state index contributed by atoms with van der Waals surface area (Å²) in [7, 11) is 0. The maximum absolute atomic E-state index is 12.0. The first-order valence-electron chi connectivity index (χ1n) is 8.13. The first kappa shape index (κ1) is 19.8. The van der Waals surface area contributed by atoms with E-state index in [9.17, 15) is 24.5 Å². The quantitative estimate of drug-likeness (QED) is 0.346. The first-order valence-corrected chi connectivity index (χ1v) is 8.13. The summed E-state index contributed by atoms with van der Waals surface area (Å²) in [5, 5.41) is 13.4. The number of carbonyl (C=O) groups is 3. The second kappa shape index (κ2) is 8.70. The van der Waals surface area contributed by atoms with Crippen molar-refractivity contribution in [3.05, 3.63) is 69.8 Å². The molecular weight excluding hydrogens is 352 g/mol. The van der Waals surface area contributed by atoms with Gasteiger partial charge in [-0.05, 0) is 24.3 Å². The zero-order chi connectivity index (χ0) is 20.0. The second-order valence-electron chi connectivity index (χ2n) is 6.03. The van der Waals surface area contributed by atoms with Gasteiger partial charge in [-0.2, -0.15) is 0 Å². The lowest BCUT2D eigenvalue weighted by molar-refractivity contribution is -0.384. The van der Waals surface area contributed by atoms with Crippen LogP contribution in [-0.2, 0) is 9.53 Å². The maximum atomic E-state index is 12.0. The Bertz CT molecular complexity index is 874. The Labute approximate surface area is 155 Å². The van der Waals surface area contributed by atoms with E-state index >= 15 is 0 Å². The predicted octanol–water partition coefficient (Wildman–Crippen LogP) is 3.23. The van der Waals surface area contributed by atoms with Crippen LogP contribution in [-0.4, -0.2) is 29.2 Å². The van der Waals surface area contributed by atoms with Crippen LogP contribution >= 0.6 is 0 Å². The molecule has 140 valence electrons. The van der Waals surface area contributed by atoms with Gasteiger partial charge in [0.05, 0.1) is 10.5 Å². The molecule has 0 spiro atoms. The maximum Gasteiger partial charge on any atom is 0.338 e. The summed E-state index contributed by atoms with van der Waals surface area (Å²) < 4.78 is 4.96. The van der Waals surface area contributed by atoms with E-state index in [4.69, 9.17) is 4.74 Å². The van der Waals surface area contributed by atoms with Gasteiger partial charge < -0.3 is 10.1 Å². The predicted molar refractivity (Wildman–Crippen MR) is 97.6 cm³/mol. The van der Waals surface area contributed by atoms with E-state index in [-0.39, 0.29) is 28.6 Å². The van der Waals surface area contributed by atoms with Gasteiger partial charge in [-0.15, -0.1) is 0 Å². The Balaban J connectivity index is 1.95. The Morgan fingerprint density at radius 2 is 1.74 bits per heavy atom. The van der Waals surface area contributed by atoms with E-state index < -0.39 is 23.3 Å². The van der Waals surface area contributed by atoms with Crippen LogP contribution in [0.5, 0.6) is 0 Å². The molecule has 8 heteroatoms. The molecule has 0 aliphatic rings. The number of non-ortho nitro benzene ring substituents is 1. The van der Waals surface area contributed by atoms with Gasteiger partial charge in [0.25, 0.3) is 5.69 Å². The van der Waals surface area contributed by atoms with Gasteiger partial charge in [0, 0.05) is 29.3 Å². The number of rotatable bonds is 7. The van der Waals surface area contributed by atoms with Gasteiger partial charge in [-0.25, -0.2) is 4.79 Å². The van der Waals surface area contributed by atoms with Crippen molar-refractivity contribution in [1.82, 2.24) is 0 Å². The highest BCUT2D eigenvalue weighted by atomic mass is 16.6. The fraction of sp³-hybridized carbons (Fsp3) is 0.211. The molecule has 0 unspecified atom stereocenters. The molecule has 0 saturated carbocycles. The molecule has 0 aromatic heterocycles. The third-order valence-corrected chi connectivity index (χ3v) is 3.63. The SMILES string of the molecule is CC(C)C(=O)Nc1ccc(C(=O)OCC(=O)c2cccc([N+](=O)[O-])c2)cc1. The summed E-state index contributed by atoms with van der Waals surface area (Å²) in [4.78, 5) is 45.8. The summed E-state index contributed by atoms with van der Waals surface area (Å²) in [6, 6.07) is 11.2. The van der Waals surface area contributed by atoms with E-state index in [0.29, 0.717) is 5.69 Å². The van der Waals surface area contributed by atoms with Gasteiger partial charge in [-0.3, -0.25) is 19.7 Å². The standard InChI is InChI=1S/C19H18N2O6/c1-12(2)18(23)20-15-8-6-13(7-9-15)19(24)27-11-17(22)14-4-3-5-16(10-14)21(25)26/h3-10,12H,11H2,1-2H3,(H,20,23). The van der Waals surface area contributed by atoms with Crippen molar-refractivity contribution in [2.24, 2.45) is 5.92 Å². The topological polar surface area (TPSA) is 116 Å². The Hall–Kier alpha value is -3.55. The van der Waals surface area contributed by atoms with Gasteiger partial charge in [0.2, 0.25) is 11.7 Å². The number of Topliss-reactive ketones (excluding diaryl/α,β-unsaturated/α-hetero) is 1. The van der Waals surface area contributed by atoms with Gasteiger partial charge in [0.15, 0.2) is 6.61 Å². The molecule has 1 N–H and O–H groups in total. The number of nitro benzene ring substituents is 1. The summed E-state index contributed by atoms with van der Waals surface area (Å²) in [6.07, 6.45) is 0. The average molecular weight is 370 g/mol. The van der Waals surface area contributed by atoms with E-state index in [2.05, 4.69) is 5.32 Å². The molecule has 2 aromatic rings. The van der Waals surface area contributed by atoms with Crippen molar-refractivity contribution in [3.8, 4) is 0 Å². The normalized spacial score (nSPS) is 10.3. The van der Waals surface area contributed by atoms with Crippen LogP contribution in [0.25, 0.3) is 0 Å². The van der Waals surface area contributed by atoms with Crippen molar-refractivity contribution >= 4 is 29.0 Å². The van der Waals surface area contributed by atoms with Gasteiger partial charge in [-0.1, -0.05) is 26.0 Å². The number of anilines is 1. The van der Waals surface area contributed by atoms with Crippen LogP contribution in [0.3, 0.4) is 0 Å². The Morgan fingerprint density at radius 3 is 2.33 bits per heavy atom. The highest BCUT2D eigenvalue weighted by Crippen LogP contribution is 2.15. The lowest BCUT2D eigenvalue weighted by atomic mass is 10.1. The number of hydrogen-bond acceptors (Lipinski definition) is 6. The van der Waals surface area contributed by atoms with Gasteiger partial charge >= 0.3 is 5.97 Å². The highest BCUT2D eigenvalue weighted by molar-refractivity contribution is 6.00. The number of nitrogens with one attached hydrogen (secondary N) is 1. The van der Waals surface area contributed by atoms with Crippen LogP contribution in [0.4, 0.5) is 11.4 Å². The molecule has 27 heavy (non-hydrogen) atoms. The van der Waals surface area contributed by atoms with Crippen LogP contribution in [0, 0.1) is 16.0 Å².